The fourth-order valence-corrected chi connectivity index (χ4v) is 3.18. The summed E-state index contributed by atoms with van der Waals surface area (Å²) in [5.41, 5.74) is 0.492. The number of amides is 3. The molecule has 3 N–H and O–H groups in total. The Morgan fingerprint density at radius 3 is 2.62 bits per heavy atom. The molecule has 29 heavy (non-hydrogen) atoms. The summed E-state index contributed by atoms with van der Waals surface area (Å²) >= 11 is 0. The lowest BCUT2D eigenvalue weighted by atomic mass is 10.1. The molecule has 1 heterocycles. The van der Waals surface area contributed by atoms with E-state index in [0.717, 1.165) is 25.9 Å². The molecule has 3 amide bonds. The standard InChI is InChI=1S/C21H25FN4O3/c1-23-20(27)14-26-11-9-16(10-12-26)24-21(28)25-18-7-2-3-8-19(18)29-17-6-4-5-15(22)13-17/h2-8,13,16H,9-12,14H2,1H3,(H,23,27)(H2,24,25,28). The van der Waals surface area contributed by atoms with E-state index < -0.39 is 5.82 Å². The Kier molecular flexibility index (Phi) is 7.02. The molecule has 1 fully saturated rings. The van der Waals surface area contributed by atoms with Gasteiger partial charge in [-0.25, -0.2) is 9.18 Å². The molecule has 1 saturated heterocycles. The van der Waals surface area contributed by atoms with Crippen molar-refractivity contribution in [1.29, 1.82) is 0 Å². The number of likely N-dealkylation sites (tertiary alicyclic amines) is 1. The first-order valence-electron chi connectivity index (χ1n) is 9.56. The van der Waals surface area contributed by atoms with Crippen molar-refractivity contribution in [3.05, 3.63) is 54.3 Å². The first kappa shape index (κ1) is 20.6. The fourth-order valence-electron chi connectivity index (χ4n) is 3.18. The molecule has 0 aromatic heterocycles. The molecule has 0 unspecified atom stereocenters. The van der Waals surface area contributed by atoms with Crippen LogP contribution in [0.1, 0.15) is 12.8 Å². The van der Waals surface area contributed by atoms with Gasteiger partial charge in [0.05, 0.1) is 12.2 Å². The number of benzene rings is 2. The minimum atomic E-state index is -0.395. The number of piperidine rings is 1. The zero-order valence-corrected chi connectivity index (χ0v) is 16.3. The average molecular weight is 400 g/mol. The summed E-state index contributed by atoms with van der Waals surface area (Å²) < 4.78 is 19.1. The second-order valence-electron chi connectivity index (χ2n) is 6.88. The highest BCUT2D eigenvalue weighted by Crippen LogP contribution is 2.29. The normalized spacial score (nSPS) is 14.8. The van der Waals surface area contributed by atoms with Crippen LogP contribution in [0.25, 0.3) is 0 Å². The van der Waals surface area contributed by atoms with Crippen molar-refractivity contribution < 1.29 is 18.7 Å². The van der Waals surface area contributed by atoms with Gasteiger partial charge in [-0.2, -0.15) is 0 Å². The van der Waals surface area contributed by atoms with Crippen LogP contribution in [-0.2, 0) is 4.79 Å². The molecule has 0 radical (unpaired) electrons. The molecule has 0 saturated carbocycles. The van der Waals surface area contributed by atoms with Crippen LogP contribution in [0.15, 0.2) is 48.5 Å². The van der Waals surface area contributed by atoms with E-state index >= 15 is 0 Å². The highest BCUT2D eigenvalue weighted by molar-refractivity contribution is 5.91. The molecule has 1 aliphatic heterocycles. The Morgan fingerprint density at radius 2 is 1.90 bits per heavy atom. The molecule has 2 aromatic carbocycles. The highest BCUT2D eigenvalue weighted by atomic mass is 19.1. The third kappa shape index (κ3) is 6.18. The largest absolute Gasteiger partial charge is 0.455 e. The molecule has 8 heteroatoms. The molecule has 0 spiro atoms. The molecule has 3 rings (SSSR count). The molecular weight excluding hydrogens is 375 g/mol. The lowest BCUT2D eigenvalue weighted by Gasteiger charge is -2.31. The Labute approximate surface area is 169 Å². The number of halogens is 1. The topological polar surface area (TPSA) is 82.7 Å². The van der Waals surface area contributed by atoms with Crippen molar-refractivity contribution >= 4 is 17.6 Å². The zero-order valence-electron chi connectivity index (χ0n) is 16.3. The number of hydrogen-bond acceptors (Lipinski definition) is 4. The van der Waals surface area contributed by atoms with Crippen LogP contribution < -0.4 is 20.7 Å². The van der Waals surface area contributed by atoms with E-state index in [0.29, 0.717) is 23.7 Å². The fraction of sp³-hybridized carbons (Fsp3) is 0.333. The van der Waals surface area contributed by atoms with Crippen LogP contribution in [0.4, 0.5) is 14.9 Å². The molecule has 0 bridgehead atoms. The van der Waals surface area contributed by atoms with Crippen LogP contribution in [0.3, 0.4) is 0 Å². The van der Waals surface area contributed by atoms with E-state index in [1.165, 1.54) is 12.1 Å². The van der Waals surface area contributed by atoms with Crippen molar-refractivity contribution in [3.8, 4) is 11.5 Å². The van der Waals surface area contributed by atoms with E-state index in [1.807, 2.05) is 0 Å². The SMILES string of the molecule is CNC(=O)CN1CCC(NC(=O)Nc2ccccc2Oc2cccc(F)c2)CC1. The summed E-state index contributed by atoms with van der Waals surface area (Å²) in [5, 5.41) is 8.38. The quantitative estimate of drug-likeness (QED) is 0.696. The number of carbonyl (C=O) groups is 2. The summed E-state index contributed by atoms with van der Waals surface area (Å²) in [4.78, 5) is 26.0. The van der Waals surface area contributed by atoms with Crippen LogP contribution in [0.5, 0.6) is 11.5 Å². The van der Waals surface area contributed by atoms with Gasteiger partial charge < -0.3 is 20.7 Å². The van der Waals surface area contributed by atoms with Gasteiger partial charge in [0.2, 0.25) is 5.91 Å². The first-order valence-corrected chi connectivity index (χ1v) is 9.56. The summed E-state index contributed by atoms with van der Waals surface area (Å²) in [5.74, 6) is 0.370. The van der Waals surface area contributed by atoms with Gasteiger partial charge in [0.25, 0.3) is 0 Å². The van der Waals surface area contributed by atoms with E-state index in [2.05, 4.69) is 20.9 Å². The van der Waals surface area contributed by atoms with Crippen LogP contribution >= 0.6 is 0 Å². The third-order valence-electron chi connectivity index (χ3n) is 4.73. The minimum absolute atomic E-state index is 0.0101. The van der Waals surface area contributed by atoms with E-state index in [1.54, 1.807) is 43.4 Å². The number of nitrogens with zero attached hydrogens (tertiary/aromatic N) is 1. The number of rotatable bonds is 6. The number of urea groups is 1. The van der Waals surface area contributed by atoms with Gasteiger partial charge in [0.1, 0.15) is 11.6 Å². The minimum Gasteiger partial charge on any atom is -0.455 e. The van der Waals surface area contributed by atoms with Gasteiger partial charge in [-0.3, -0.25) is 9.69 Å². The molecule has 0 aliphatic carbocycles. The lowest BCUT2D eigenvalue weighted by molar-refractivity contribution is -0.122. The summed E-state index contributed by atoms with van der Waals surface area (Å²) in [7, 11) is 1.62. The number of nitrogens with one attached hydrogen (secondary N) is 3. The molecule has 7 nitrogen and oxygen atoms in total. The molecular formula is C21H25FN4O3. The predicted molar refractivity (Wildman–Crippen MR) is 109 cm³/mol. The highest BCUT2D eigenvalue weighted by Gasteiger charge is 2.22. The molecule has 1 aliphatic rings. The van der Waals surface area contributed by atoms with Gasteiger partial charge in [0, 0.05) is 32.2 Å². The Morgan fingerprint density at radius 1 is 1.14 bits per heavy atom. The average Bonchev–Trinajstić information content (AvgIpc) is 2.71. The van der Waals surface area contributed by atoms with Gasteiger partial charge in [-0.05, 0) is 37.1 Å². The zero-order chi connectivity index (χ0) is 20.6. The molecule has 2 aromatic rings. The second kappa shape index (κ2) is 9.88. The van der Waals surface area contributed by atoms with Crippen molar-refractivity contribution in [2.45, 2.75) is 18.9 Å². The van der Waals surface area contributed by atoms with Gasteiger partial charge in [-0.1, -0.05) is 18.2 Å². The number of likely N-dealkylation sites (N-methyl/N-ethyl adjacent to an activating group) is 1. The smallest absolute Gasteiger partial charge is 0.319 e. The number of ether oxygens (including phenoxy) is 1. The summed E-state index contributed by atoms with van der Waals surface area (Å²) in [6.07, 6.45) is 1.54. The van der Waals surface area contributed by atoms with E-state index in [-0.39, 0.29) is 18.0 Å². The monoisotopic (exact) mass is 400 g/mol. The van der Waals surface area contributed by atoms with Crippen molar-refractivity contribution in [3.63, 3.8) is 0 Å². The number of para-hydroxylation sites is 2. The van der Waals surface area contributed by atoms with Crippen molar-refractivity contribution in [1.82, 2.24) is 15.5 Å². The van der Waals surface area contributed by atoms with Crippen LogP contribution in [0.2, 0.25) is 0 Å². The number of carbonyl (C=O) groups excluding carboxylic acids is 2. The van der Waals surface area contributed by atoms with E-state index in [4.69, 9.17) is 4.74 Å². The van der Waals surface area contributed by atoms with Crippen molar-refractivity contribution in [2.75, 3.05) is 32.0 Å². The Balaban J connectivity index is 1.53. The van der Waals surface area contributed by atoms with Crippen LogP contribution in [0, 0.1) is 5.82 Å². The van der Waals surface area contributed by atoms with Crippen molar-refractivity contribution in [2.24, 2.45) is 0 Å². The predicted octanol–water partition coefficient (Wildman–Crippen LogP) is 2.95. The number of hydrogen-bond donors (Lipinski definition) is 3. The molecule has 154 valence electrons. The molecule has 0 atom stereocenters. The lowest BCUT2D eigenvalue weighted by Crippen LogP contribution is -2.48. The Bertz CT molecular complexity index is 853. The number of anilines is 1. The van der Waals surface area contributed by atoms with Gasteiger partial charge in [0.15, 0.2) is 5.75 Å². The maximum Gasteiger partial charge on any atom is 0.319 e. The van der Waals surface area contributed by atoms with E-state index in [9.17, 15) is 14.0 Å². The van der Waals surface area contributed by atoms with Crippen LogP contribution in [-0.4, -0.2) is 49.6 Å². The summed E-state index contributed by atoms with van der Waals surface area (Å²) in [6, 6.07) is 12.5. The second-order valence-corrected chi connectivity index (χ2v) is 6.88. The Hall–Kier alpha value is -3.13. The summed E-state index contributed by atoms with van der Waals surface area (Å²) in [6.45, 7) is 1.87. The van der Waals surface area contributed by atoms with Gasteiger partial charge in [-0.15, -0.1) is 0 Å². The third-order valence-corrected chi connectivity index (χ3v) is 4.73. The maximum absolute atomic E-state index is 13.4. The van der Waals surface area contributed by atoms with Gasteiger partial charge >= 0.3 is 6.03 Å². The maximum atomic E-state index is 13.4. The first-order chi connectivity index (χ1) is 14.0.